The predicted octanol–water partition coefficient (Wildman–Crippen LogP) is 4.15. The van der Waals surface area contributed by atoms with Crippen molar-refractivity contribution in [3.05, 3.63) is 84.4 Å². The van der Waals surface area contributed by atoms with Crippen molar-refractivity contribution in [2.24, 2.45) is 0 Å². The van der Waals surface area contributed by atoms with Gasteiger partial charge in [-0.3, -0.25) is 4.31 Å². The molecule has 5 nitrogen and oxygen atoms in total. The van der Waals surface area contributed by atoms with Crippen LogP contribution in [0.2, 0.25) is 0 Å². The fourth-order valence-electron chi connectivity index (χ4n) is 2.53. The van der Waals surface area contributed by atoms with Crippen LogP contribution in [0.25, 0.3) is 0 Å². The number of aromatic hydroxyl groups is 1. The van der Waals surface area contributed by atoms with E-state index in [0.29, 0.717) is 11.5 Å². The summed E-state index contributed by atoms with van der Waals surface area (Å²) in [4.78, 5) is 0. The first-order valence-electron chi connectivity index (χ1n) is 8.01. The van der Waals surface area contributed by atoms with E-state index in [1.807, 2.05) is 48.5 Å². The Morgan fingerprint density at radius 3 is 2.15 bits per heavy atom. The van der Waals surface area contributed by atoms with Crippen molar-refractivity contribution in [3.8, 4) is 17.2 Å². The van der Waals surface area contributed by atoms with Crippen LogP contribution in [0.15, 0.2) is 78.9 Å². The Hall–Kier alpha value is -2.99. The molecule has 0 bridgehead atoms. The van der Waals surface area contributed by atoms with Crippen LogP contribution in [0, 0.1) is 0 Å². The lowest BCUT2D eigenvalue weighted by Crippen LogP contribution is -2.29. The molecule has 0 saturated heterocycles. The van der Waals surface area contributed by atoms with Crippen molar-refractivity contribution in [1.82, 2.24) is 0 Å². The highest BCUT2D eigenvalue weighted by Crippen LogP contribution is 2.37. The standard InChI is InChI=1S/C20H19NO4S/c1-26(23,24)21(15-16-8-4-2-5-9-16)19-14-17(22)12-13-20(19)25-18-10-6-3-7-11-18/h2-14,22H,15H2,1H3. The van der Waals surface area contributed by atoms with Crippen LogP contribution >= 0.6 is 0 Å². The van der Waals surface area contributed by atoms with E-state index in [0.717, 1.165) is 11.8 Å². The lowest BCUT2D eigenvalue weighted by atomic mass is 10.2. The van der Waals surface area contributed by atoms with Crippen LogP contribution in [0.4, 0.5) is 5.69 Å². The van der Waals surface area contributed by atoms with Crippen LogP contribution < -0.4 is 9.04 Å². The van der Waals surface area contributed by atoms with E-state index in [1.54, 1.807) is 18.2 Å². The van der Waals surface area contributed by atoms with Gasteiger partial charge in [0.25, 0.3) is 0 Å². The third kappa shape index (κ3) is 4.34. The zero-order valence-electron chi connectivity index (χ0n) is 14.2. The van der Waals surface area contributed by atoms with Gasteiger partial charge in [-0.2, -0.15) is 0 Å². The Morgan fingerprint density at radius 2 is 1.54 bits per heavy atom. The number of benzene rings is 3. The molecule has 0 amide bonds. The zero-order chi connectivity index (χ0) is 18.6. The van der Waals surface area contributed by atoms with Crippen molar-refractivity contribution < 1.29 is 18.3 Å². The maximum atomic E-state index is 12.4. The van der Waals surface area contributed by atoms with Gasteiger partial charge >= 0.3 is 0 Å². The van der Waals surface area contributed by atoms with Crippen molar-refractivity contribution >= 4 is 15.7 Å². The molecule has 0 saturated carbocycles. The molecule has 0 aliphatic carbocycles. The van der Waals surface area contributed by atoms with Crippen LogP contribution in [0.5, 0.6) is 17.2 Å². The van der Waals surface area contributed by atoms with Crippen LogP contribution in [0.3, 0.4) is 0 Å². The highest BCUT2D eigenvalue weighted by molar-refractivity contribution is 7.92. The number of hydrogen-bond donors (Lipinski definition) is 1. The maximum absolute atomic E-state index is 12.4. The second kappa shape index (κ2) is 7.49. The molecule has 26 heavy (non-hydrogen) atoms. The third-order valence-electron chi connectivity index (χ3n) is 3.75. The van der Waals surface area contributed by atoms with Gasteiger partial charge in [0, 0.05) is 6.07 Å². The number of sulfonamides is 1. The predicted molar refractivity (Wildman–Crippen MR) is 102 cm³/mol. The minimum atomic E-state index is -3.61. The number of hydrogen-bond acceptors (Lipinski definition) is 4. The molecular formula is C20H19NO4S. The molecule has 0 unspecified atom stereocenters. The Labute approximate surface area is 153 Å². The van der Waals surface area contributed by atoms with E-state index in [2.05, 4.69) is 0 Å². The molecule has 0 radical (unpaired) electrons. The van der Waals surface area contributed by atoms with Crippen molar-refractivity contribution in [2.45, 2.75) is 6.54 Å². The first-order valence-corrected chi connectivity index (χ1v) is 9.86. The molecule has 0 aliphatic rings. The van der Waals surface area contributed by atoms with Gasteiger partial charge in [0.15, 0.2) is 5.75 Å². The van der Waals surface area contributed by atoms with Crippen LogP contribution in [-0.4, -0.2) is 19.8 Å². The quantitative estimate of drug-likeness (QED) is 0.709. The Morgan fingerprint density at radius 1 is 0.923 bits per heavy atom. The van der Waals surface area contributed by atoms with Crippen molar-refractivity contribution in [2.75, 3.05) is 10.6 Å². The number of phenols is 1. The Kier molecular flexibility index (Phi) is 5.14. The van der Waals surface area contributed by atoms with Crippen LogP contribution in [-0.2, 0) is 16.6 Å². The minimum absolute atomic E-state index is 0.0397. The first kappa shape index (κ1) is 17.8. The van der Waals surface area contributed by atoms with Gasteiger partial charge in [-0.05, 0) is 29.8 Å². The van der Waals surface area contributed by atoms with Gasteiger partial charge in [0.2, 0.25) is 10.0 Å². The van der Waals surface area contributed by atoms with E-state index in [9.17, 15) is 13.5 Å². The fraction of sp³-hybridized carbons (Fsp3) is 0.100. The topological polar surface area (TPSA) is 66.8 Å². The van der Waals surface area contributed by atoms with Gasteiger partial charge in [0.1, 0.15) is 11.5 Å². The first-order chi connectivity index (χ1) is 12.4. The summed E-state index contributed by atoms with van der Waals surface area (Å²) in [6.07, 6.45) is 1.13. The molecule has 0 atom stereocenters. The van der Waals surface area contributed by atoms with Gasteiger partial charge in [-0.15, -0.1) is 0 Å². The molecule has 6 heteroatoms. The zero-order valence-corrected chi connectivity index (χ0v) is 15.1. The summed E-state index contributed by atoms with van der Waals surface area (Å²) >= 11 is 0. The fourth-order valence-corrected chi connectivity index (χ4v) is 3.42. The number of para-hydroxylation sites is 1. The molecule has 0 fully saturated rings. The van der Waals surface area contributed by atoms with Crippen molar-refractivity contribution in [1.29, 1.82) is 0 Å². The Balaban J connectivity index is 2.04. The summed E-state index contributed by atoms with van der Waals surface area (Å²) < 4.78 is 32.0. The lowest BCUT2D eigenvalue weighted by Gasteiger charge is -2.25. The largest absolute Gasteiger partial charge is 0.508 e. The molecular weight excluding hydrogens is 350 g/mol. The molecule has 0 aliphatic heterocycles. The molecule has 0 heterocycles. The number of rotatable bonds is 6. The molecule has 3 aromatic carbocycles. The second-order valence-corrected chi connectivity index (χ2v) is 7.73. The average molecular weight is 369 g/mol. The van der Waals surface area contributed by atoms with E-state index in [1.165, 1.54) is 16.4 Å². The molecule has 3 rings (SSSR count). The molecule has 3 aromatic rings. The minimum Gasteiger partial charge on any atom is -0.508 e. The normalized spacial score (nSPS) is 11.1. The van der Waals surface area contributed by atoms with Gasteiger partial charge < -0.3 is 9.84 Å². The maximum Gasteiger partial charge on any atom is 0.232 e. The molecule has 1 N–H and O–H groups in total. The molecule has 0 aromatic heterocycles. The molecule has 134 valence electrons. The highest BCUT2D eigenvalue weighted by Gasteiger charge is 2.22. The number of anilines is 1. The second-order valence-electron chi connectivity index (χ2n) is 5.82. The SMILES string of the molecule is CS(=O)(=O)N(Cc1ccccc1)c1cc(O)ccc1Oc1ccccc1. The van der Waals surface area contributed by atoms with Gasteiger partial charge in [0.05, 0.1) is 18.5 Å². The molecule has 0 spiro atoms. The summed E-state index contributed by atoms with van der Waals surface area (Å²) in [6.45, 7) is 0.133. The van der Waals surface area contributed by atoms with Gasteiger partial charge in [-0.1, -0.05) is 48.5 Å². The monoisotopic (exact) mass is 369 g/mol. The van der Waals surface area contributed by atoms with E-state index in [4.69, 9.17) is 4.74 Å². The summed E-state index contributed by atoms with van der Waals surface area (Å²) in [5.74, 6) is 0.880. The lowest BCUT2D eigenvalue weighted by molar-refractivity contribution is 0.464. The van der Waals surface area contributed by atoms with E-state index < -0.39 is 10.0 Å². The van der Waals surface area contributed by atoms with E-state index in [-0.39, 0.29) is 18.0 Å². The Bertz CT molecular complexity index is 973. The summed E-state index contributed by atoms with van der Waals surface area (Å²) in [5, 5.41) is 9.91. The number of ether oxygens (including phenoxy) is 1. The van der Waals surface area contributed by atoms with Crippen LogP contribution in [0.1, 0.15) is 5.56 Å². The van der Waals surface area contributed by atoms with E-state index >= 15 is 0 Å². The smallest absolute Gasteiger partial charge is 0.232 e. The summed E-state index contributed by atoms with van der Waals surface area (Å²) in [5.41, 5.74) is 1.10. The van der Waals surface area contributed by atoms with Gasteiger partial charge in [-0.25, -0.2) is 8.42 Å². The highest BCUT2D eigenvalue weighted by atomic mass is 32.2. The summed E-state index contributed by atoms with van der Waals surface area (Å²) in [6, 6.07) is 22.7. The number of phenolic OH excluding ortho intramolecular Hbond substituents is 1. The van der Waals surface area contributed by atoms with Crippen molar-refractivity contribution in [3.63, 3.8) is 0 Å². The average Bonchev–Trinajstić information content (AvgIpc) is 2.62. The number of nitrogens with zero attached hydrogens (tertiary/aromatic N) is 1. The summed E-state index contributed by atoms with van der Waals surface area (Å²) in [7, 11) is -3.61. The third-order valence-corrected chi connectivity index (χ3v) is 4.88.